The molecule has 5 atom stereocenters. The van der Waals surface area contributed by atoms with Gasteiger partial charge >= 0.3 is 0 Å². The summed E-state index contributed by atoms with van der Waals surface area (Å²) in [5.41, 5.74) is 3.79. The highest BCUT2D eigenvalue weighted by Gasteiger charge is 2.36. The number of benzene rings is 1. The van der Waals surface area contributed by atoms with Crippen molar-refractivity contribution < 1.29 is 4.39 Å². The van der Waals surface area contributed by atoms with E-state index in [0.717, 1.165) is 36.2 Å². The van der Waals surface area contributed by atoms with Crippen molar-refractivity contribution in [2.45, 2.75) is 90.4 Å². The number of aryl methyl sites for hydroxylation is 1. The molecular formula is C24H35F. The Morgan fingerprint density at radius 2 is 1.76 bits per heavy atom. The van der Waals surface area contributed by atoms with Crippen LogP contribution in [0.2, 0.25) is 0 Å². The minimum absolute atomic E-state index is 0.0935. The highest BCUT2D eigenvalue weighted by Crippen LogP contribution is 2.49. The fourth-order valence-electron chi connectivity index (χ4n) is 6.23. The van der Waals surface area contributed by atoms with Crippen LogP contribution >= 0.6 is 0 Å². The molecule has 0 aromatic heterocycles. The Labute approximate surface area is 153 Å². The third-order valence-corrected chi connectivity index (χ3v) is 7.65. The van der Waals surface area contributed by atoms with Crippen molar-refractivity contribution in [3.63, 3.8) is 0 Å². The Morgan fingerprint density at radius 3 is 2.60 bits per heavy atom. The minimum Gasteiger partial charge on any atom is -0.207 e. The van der Waals surface area contributed by atoms with Crippen molar-refractivity contribution in [1.82, 2.24) is 0 Å². The van der Waals surface area contributed by atoms with Gasteiger partial charge in [0.15, 0.2) is 0 Å². The smallest absolute Gasteiger partial charge is 0.126 e. The van der Waals surface area contributed by atoms with E-state index in [1.807, 2.05) is 6.07 Å². The molecule has 3 aliphatic rings. The second-order valence-electron chi connectivity index (χ2n) is 9.49. The summed E-state index contributed by atoms with van der Waals surface area (Å²) in [5.74, 6) is 4.06. The second-order valence-corrected chi connectivity index (χ2v) is 9.49. The molecule has 3 aliphatic carbocycles. The fourth-order valence-corrected chi connectivity index (χ4v) is 6.23. The first-order valence-electron chi connectivity index (χ1n) is 10.9. The standard InChI is InChI=1S/C24H35F/c1-3-4-17-6-8-19-13-21(10-9-18(19)12-17)23-14-20-7-5-16(2)11-22(20)15-24(23)25/h14-19,21H,3-13H2,1-2H3. The molecule has 2 saturated carbocycles. The minimum atomic E-state index is 0.0935. The average molecular weight is 343 g/mol. The summed E-state index contributed by atoms with van der Waals surface area (Å²) in [7, 11) is 0. The quantitative estimate of drug-likeness (QED) is 0.552. The van der Waals surface area contributed by atoms with Crippen LogP contribution in [0.25, 0.3) is 0 Å². The lowest BCUT2D eigenvalue weighted by Gasteiger charge is -2.42. The summed E-state index contributed by atoms with van der Waals surface area (Å²) in [6, 6.07) is 4.16. The summed E-state index contributed by atoms with van der Waals surface area (Å²) < 4.78 is 14.9. The molecule has 138 valence electrons. The molecule has 0 bridgehead atoms. The Balaban J connectivity index is 1.47. The summed E-state index contributed by atoms with van der Waals surface area (Å²) >= 11 is 0. The Bertz CT molecular complexity index is 604. The van der Waals surface area contributed by atoms with E-state index in [1.54, 1.807) is 0 Å². The average Bonchev–Trinajstić information content (AvgIpc) is 2.61. The Morgan fingerprint density at radius 1 is 0.960 bits per heavy atom. The number of fused-ring (bicyclic) bond motifs is 2. The predicted molar refractivity (Wildman–Crippen MR) is 103 cm³/mol. The fraction of sp³-hybridized carbons (Fsp3) is 0.750. The largest absolute Gasteiger partial charge is 0.207 e. The van der Waals surface area contributed by atoms with E-state index in [4.69, 9.17) is 0 Å². The van der Waals surface area contributed by atoms with Gasteiger partial charge in [0.2, 0.25) is 0 Å². The van der Waals surface area contributed by atoms with E-state index in [-0.39, 0.29) is 5.82 Å². The monoisotopic (exact) mass is 342 g/mol. The van der Waals surface area contributed by atoms with Crippen LogP contribution in [0.5, 0.6) is 0 Å². The van der Waals surface area contributed by atoms with Gasteiger partial charge in [0.25, 0.3) is 0 Å². The van der Waals surface area contributed by atoms with Gasteiger partial charge < -0.3 is 0 Å². The van der Waals surface area contributed by atoms with Crippen molar-refractivity contribution in [2.24, 2.45) is 23.7 Å². The van der Waals surface area contributed by atoms with Crippen LogP contribution in [0.4, 0.5) is 4.39 Å². The first-order chi connectivity index (χ1) is 12.1. The van der Waals surface area contributed by atoms with E-state index in [9.17, 15) is 4.39 Å². The molecule has 0 N–H and O–H groups in total. The Hall–Kier alpha value is -0.850. The molecule has 25 heavy (non-hydrogen) atoms. The molecule has 0 saturated heterocycles. The van der Waals surface area contributed by atoms with Crippen LogP contribution in [0.3, 0.4) is 0 Å². The molecule has 0 nitrogen and oxygen atoms in total. The molecule has 1 aromatic rings. The van der Waals surface area contributed by atoms with Gasteiger partial charge in [-0.2, -0.15) is 0 Å². The first-order valence-corrected chi connectivity index (χ1v) is 10.9. The summed E-state index contributed by atoms with van der Waals surface area (Å²) in [6.07, 6.45) is 14.3. The summed E-state index contributed by atoms with van der Waals surface area (Å²) in [4.78, 5) is 0. The zero-order valence-corrected chi connectivity index (χ0v) is 16.2. The van der Waals surface area contributed by atoms with E-state index >= 15 is 0 Å². The van der Waals surface area contributed by atoms with E-state index in [1.165, 1.54) is 68.9 Å². The summed E-state index contributed by atoms with van der Waals surface area (Å²) in [6.45, 7) is 4.62. The number of halogens is 1. The molecule has 0 heterocycles. The molecule has 0 radical (unpaired) electrons. The number of rotatable bonds is 3. The summed E-state index contributed by atoms with van der Waals surface area (Å²) in [5, 5.41) is 0. The van der Waals surface area contributed by atoms with Crippen LogP contribution in [0.1, 0.15) is 94.2 Å². The van der Waals surface area contributed by atoms with Crippen LogP contribution in [0.15, 0.2) is 12.1 Å². The van der Waals surface area contributed by atoms with Crippen molar-refractivity contribution in [1.29, 1.82) is 0 Å². The van der Waals surface area contributed by atoms with E-state index < -0.39 is 0 Å². The molecule has 4 rings (SSSR count). The van der Waals surface area contributed by atoms with Crippen LogP contribution in [-0.2, 0) is 12.8 Å². The van der Waals surface area contributed by atoms with Gasteiger partial charge in [-0.3, -0.25) is 0 Å². The maximum absolute atomic E-state index is 14.9. The maximum atomic E-state index is 14.9. The number of hydrogen-bond donors (Lipinski definition) is 0. The van der Waals surface area contributed by atoms with Gasteiger partial charge in [0.1, 0.15) is 5.82 Å². The molecule has 0 aliphatic heterocycles. The van der Waals surface area contributed by atoms with Gasteiger partial charge in [-0.1, -0.05) is 39.2 Å². The van der Waals surface area contributed by atoms with Crippen LogP contribution < -0.4 is 0 Å². The lowest BCUT2D eigenvalue weighted by atomic mass is 9.63. The lowest BCUT2D eigenvalue weighted by Crippen LogP contribution is -2.30. The van der Waals surface area contributed by atoms with E-state index in [0.29, 0.717) is 11.8 Å². The second kappa shape index (κ2) is 7.41. The molecule has 0 amide bonds. The normalized spacial score (nSPS) is 35.1. The molecule has 1 aromatic carbocycles. The third-order valence-electron chi connectivity index (χ3n) is 7.65. The van der Waals surface area contributed by atoms with Crippen LogP contribution in [0, 0.1) is 29.5 Å². The lowest BCUT2D eigenvalue weighted by molar-refractivity contribution is 0.113. The van der Waals surface area contributed by atoms with Gasteiger partial charge in [-0.15, -0.1) is 0 Å². The van der Waals surface area contributed by atoms with Crippen molar-refractivity contribution >= 4 is 0 Å². The van der Waals surface area contributed by atoms with Crippen molar-refractivity contribution in [3.05, 3.63) is 34.6 Å². The SMILES string of the molecule is CCCC1CCC2CC(c3cc4c(cc3F)CC(C)CC4)CCC2C1. The number of hydrogen-bond acceptors (Lipinski definition) is 0. The highest BCUT2D eigenvalue weighted by molar-refractivity contribution is 5.37. The zero-order chi connectivity index (χ0) is 17.4. The van der Waals surface area contributed by atoms with Gasteiger partial charge in [-0.25, -0.2) is 4.39 Å². The van der Waals surface area contributed by atoms with Crippen molar-refractivity contribution in [2.75, 3.05) is 0 Å². The zero-order valence-electron chi connectivity index (χ0n) is 16.2. The van der Waals surface area contributed by atoms with E-state index in [2.05, 4.69) is 19.9 Å². The highest BCUT2D eigenvalue weighted by atomic mass is 19.1. The molecular weight excluding hydrogens is 307 g/mol. The maximum Gasteiger partial charge on any atom is 0.126 e. The Kier molecular flexibility index (Phi) is 5.20. The van der Waals surface area contributed by atoms with Gasteiger partial charge in [-0.05, 0) is 104 Å². The predicted octanol–water partition coefficient (Wildman–Crippen LogP) is 7.05. The molecule has 5 unspecified atom stereocenters. The third kappa shape index (κ3) is 3.67. The van der Waals surface area contributed by atoms with Crippen LogP contribution in [-0.4, -0.2) is 0 Å². The molecule has 2 fully saturated rings. The van der Waals surface area contributed by atoms with Crippen molar-refractivity contribution in [3.8, 4) is 0 Å². The molecule has 1 heteroatoms. The molecule has 0 spiro atoms. The van der Waals surface area contributed by atoms with Gasteiger partial charge in [0, 0.05) is 0 Å². The topological polar surface area (TPSA) is 0 Å². The first kappa shape index (κ1) is 17.6. The van der Waals surface area contributed by atoms with Gasteiger partial charge in [0.05, 0.1) is 0 Å².